The van der Waals surface area contributed by atoms with E-state index in [1.165, 1.54) is 12.1 Å². The fraction of sp³-hybridized carbons (Fsp3) is 0.371. The van der Waals surface area contributed by atoms with Crippen LogP contribution < -0.4 is 35.3 Å². The standard InChI is InChI=1S/C35H40FN5O5/c1-23(24-4-6-25(36)7-5-24)39-34(42)40-26-8-10-27(11-9-26)46-29-12-15-38-28-22-30(32-33(31(28)29)45-21-20-44-32)43-19-3-16-41-17-13-35(2,37)14-18-41/h4-12,15,22-23H,3,13-14,16-21,37H2,1-2H3,(H2,39,40,42)/t23-/m0/s1. The number of amides is 2. The molecule has 1 atom stereocenters. The highest BCUT2D eigenvalue weighted by atomic mass is 19.1. The third-order valence-electron chi connectivity index (χ3n) is 8.38. The van der Waals surface area contributed by atoms with E-state index in [2.05, 4.69) is 27.4 Å². The van der Waals surface area contributed by atoms with Crippen LogP contribution in [0.25, 0.3) is 10.9 Å². The molecule has 3 heterocycles. The van der Waals surface area contributed by atoms with E-state index in [4.69, 9.17) is 24.7 Å². The van der Waals surface area contributed by atoms with E-state index in [1.807, 2.05) is 13.0 Å². The number of likely N-dealkylation sites (tertiary alicyclic amines) is 1. The Kier molecular flexibility index (Phi) is 9.41. The number of benzene rings is 3. The van der Waals surface area contributed by atoms with Crippen LogP contribution >= 0.6 is 0 Å². The van der Waals surface area contributed by atoms with Crippen molar-refractivity contribution >= 4 is 22.6 Å². The SMILES string of the molecule is C[C@H](NC(=O)Nc1ccc(Oc2ccnc3cc(OCCCN4CCC(C)(N)CC4)c4c(c23)OCCO4)cc1)c1ccc(F)cc1. The van der Waals surface area contributed by atoms with Crippen molar-refractivity contribution in [3.8, 4) is 28.7 Å². The molecule has 4 aromatic rings. The number of piperidine rings is 1. The molecule has 242 valence electrons. The third-order valence-corrected chi connectivity index (χ3v) is 8.38. The zero-order valence-corrected chi connectivity index (χ0v) is 26.2. The van der Waals surface area contributed by atoms with Crippen molar-refractivity contribution in [2.75, 3.05) is 44.8 Å². The van der Waals surface area contributed by atoms with Crippen LogP contribution in [0, 0.1) is 5.82 Å². The predicted molar refractivity (Wildman–Crippen MR) is 175 cm³/mol. The number of aromatic nitrogens is 1. The molecule has 1 aromatic heterocycles. The summed E-state index contributed by atoms with van der Waals surface area (Å²) in [5, 5.41) is 6.36. The number of hydrogen-bond donors (Lipinski definition) is 3. The number of nitrogens with two attached hydrogens (primary N) is 1. The first-order valence-electron chi connectivity index (χ1n) is 15.7. The molecule has 2 amide bonds. The van der Waals surface area contributed by atoms with Gasteiger partial charge in [-0.05, 0) is 94.2 Å². The maximum Gasteiger partial charge on any atom is 0.319 e. The summed E-state index contributed by atoms with van der Waals surface area (Å²) >= 11 is 0. The summed E-state index contributed by atoms with van der Waals surface area (Å²) in [5.74, 6) is 2.50. The van der Waals surface area contributed by atoms with E-state index in [9.17, 15) is 9.18 Å². The zero-order valence-electron chi connectivity index (χ0n) is 26.2. The van der Waals surface area contributed by atoms with Crippen LogP contribution in [0.4, 0.5) is 14.9 Å². The summed E-state index contributed by atoms with van der Waals surface area (Å²) in [4.78, 5) is 19.6. The Morgan fingerprint density at radius 3 is 2.50 bits per heavy atom. The third kappa shape index (κ3) is 7.60. The van der Waals surface area contributed by atoms with E-state index in [0.29, 0.717) is 65.2 Å². The lowest BCUT2D eigenvalue weighted by Crippen LogP contribution is -2.48. The Morgan fingerprint density at radius 1 is 1.04 bits per heavy atom. The van der Waals surface area contributed by atoms with E-state index in [-0.39, 0.29) is 23.4 Å². The second-order valence-electron chi connectivity index (χ2n) is 12.1. The van der Waals surface area contributed by atoms with E-state index in [1.54, 1.807) is 48.7 Å². The fourth-order valence-corrected chi connectivity index (χ4v) is 5.66. The van der Waals surface area contributed by atoms with Crippen molar-refractivity contribution < 1.29 is 28.1 Å². The molecular formula is C35H40FN5O5. The molecule has 2 aliphatic heterocycles. The van der Waals surface area contributed by atoms with Crippen molar-refractivity contribution in [1.29, 1.82) is 0 Å². The summed E-state index contributed by atoms with van der Waals surface area (Å²) in [6, 6.07) is 16.0. The maximum atomic E-state index is 13.2. The average Bonchev–Trinajstić information content (AvgIpc) is 3.05. The molecule has 0 aliphatic carbocycles. The quantitative estimate of drug-likeness (QED) is 0.172. The van der Waals surface area contributed by atoms with Crippen molar-refractivity contribution in [2.24, 2.45) is 5.73 Å². The average molecular weight is 630 g/mol. The van der Waals surface area contributed by atoms with Crippen LogP contribution in [0.15, 0.2) is 66.9 Å². The molecule has 0 radical (unpaired) electrons. The summed E-state index contributed by atoms with van der Waals surface area (Å²) in [5.41, 5.74) is 8.27. The van der Waals surface area contributed by atoms with Gasteiger partial charge >= 0.3 is 6.03 Å². The molecule has 10 nitrogen and oxygen atoms in total. The van der Waals surface area contributed by atoms with Gasteiger partial charge < -0.3 is 40.2 Å². The molecular weight excluding hydrogens is 589 g/mol. The Morgan fingerprint density at radius 2 is 1.76 bits per heavy atom. The van der Waals surface area contributed by atoms with Gasteiger partial charge in [-0.25, -0.2) is 9.18 Å². The van der Waals surface area contributed by atoms with Gasteiger partial charge in [-0.1, -0.05) is 12.1 Å². The van der Waals surface area contributed by atoms with E-state index in [0.717, 1.165) is 44.5 Å². The van der Waals surface area contributed by atoms with Gasteiger partial charge in [0.15, 0.2) is 11.5 Å². The van der Waals surface area contributed by atoms with Gasteiger partial charge in [0.2, 0.25) is 5.75 Å². The zero-order chi connectivity index (χ0) is 32.1. The molecule has 0 saturated carbocycles. The van der Waals surface area contributed by atoms with Crippen LogP contribution in [-0.2, 0) is 0 Å². The molecule has 3 aromatic carbocycles. The number of fused-ring (bicyclic) bond motifs is 3. The number of pyridine rings is 1. The van der Waals surface area contributed by atoms with E-state index >= 15 is 0 Å². The van der Waals surface area contributed by atoms with Crippen LogP contribution in [0.2, 0.25) is 0 Å². The number of hydrogen-bond acceptors (Lipinski definition) is 8. The minimum atomic E-state index is -0.377. The Bertz CT molecular complexity index is 1660. The van der Waals surface area contributed by atoms with Gasteiger partial charge in [-0.15, -0.1) is 0 Å². The van der Waals surface area contributed by atoms with Gasteiger partial charge in [0.25, 0.3) is 0 Å². The molecule has 1 saturated heterocycles. The largest absolute Gasteiger partial charge is 0.489 e. The van der Waals surface area contributed by atoms with Crippen LogP contribution in [-0.4, -0.2) is 60.9 Å². The second kappa shape index (κ2) is 13.8. The maximum absolute atomic E-state index is 13.2. The molecule has 0 unspecified atom stereocenters. The summed E-state index contributed by atoms with van der Waals surface area (Å²) in [6.07, 6.45) is 4.57. The normalized spacial score (nSPS) is 16.4. The van der Waals surface area contributed by atoms with Crippen LogP contribution in [0.1, 0.15) is 44.7 Å². The van der Waals surface area contributed by atoms with Crippen molar-refractivity contribution in [3.63, 3.8) is 0 Å². The van der Waals surface area contributed by atoms with E-state index < -0.39 is 0 Å². The number of rotatable bonds is 10. The summed E-state index contributed by atoms with van der Waals surface area (Å²) in [7, 11) is 0. The van der Waals surface area contributed by atoms with Gasteiger partial charge in [0.05, 0.1) is 23.6 Å². The highest BCUT2D eigenvalue weighted by Gasteiger charge is 2.27. The Hall–Kier alpha value is -4.61. The predicted octanol–water partition coefficient (Wildman–Crippen LogP) is 6.40. The minimum Gasteiger partial charge on any atom is -0.489 e. The van der Waals surface area contributed by atoms with Crippen molar-refractivity contribution in [2.45, 2.75) is 44.7 Å². The molecule has 11 heteroatoms. The molecule has 2 aliphatic rings. The number of nitrogens with one attached hydrogen (secondary N) is 2. The molecule has 1 fully saturated rings. The summed E-state index contributed by atoms with van der Waals surface area (Å²) in [6.45, 7) is 8.28. The topological polar surface area (TPSA) is 120 Å². The number of urea groups is 1. The molecule has 0 spiro atoms. The summed E-state index contributed by atoms with van der Waals surface area (Å²) < 4.78 is 37.8. The van der Waals surface area contributed by atoms with Crippen LogP contribution in [0.3, 0.4) is 0 Å². The lowest BCUT2D eigenvalue weighted by molar-refractivity contribution is 0.152. The first kappa shape index (κ1) is 31.4. The van der Waals surface area contributed by atoms with Crippen molar-refractivity contribution in [3.05, 3.63) is 78.2 Å². The number of halogens is 1. The van der Waals surface area contributed by atoms with Crippen LogP contribution in [0.5, 0.6) is 28.7 Å². The number of carbonyl (C=O) groups excluding carboxylic acids is 1. The lowest BCUT2D eigenvalue weighted by atomic mass is 9.91. The van der Waals surface area contributed by atoms with Gasteiger partial charge in [-0.2, -0.15) is 0 Å². The molecule has 4 N–H and O–H groups in total. The first-order chi connectivity index (χ1) is 22.2. The highest BCUT2D eigenvalue weighted by Crippen LogP contribution is 2.48. The van der Waals surface area contributed by atoms with Gasteiger partial charge in [0.1, 0.15) is 30.5 Å². The van der Waals surface area contributed by atoms with Gasteiger partial charge in [-0.3, -0.25) is 4.98 Å². The molecule has 46 heavy (non-hydrogen) atoms. The number of nitrogens with zero attached hydrogens (tertiary/aromatic N) is 2. The number of ether oxygens (including phenoxy) is 4. The monoisotopic (exact) mass is 629 g/mol. The van der Waals surface area contributed by atoms with Crippen molar-refractivity contribution in [1.82, 2.24) is 15.2 Å². The Balaban J connectivity index is 1.10. The van der Waals surface area contributed by atoms with Gasteiger partial charge in [0, 0.05) is 30.0 Å². The molecule has 0 bridgehead atoms. The Labute approximate surface area is 268 Å². The lowest BCUT2D eigenvalue weighted by Gasteiger charge is -2.36. The molecule has 6 rings (SSSR count). The second-order valence-corrected chi connectivity index (χ2v) is 12.1. The highest BCUT2D eigenvalue weighted by molar-refractivity contribution is 5.95. The smallest absolute Gasteiger partial charge is 0.319 e. The fourth-order valence-electron chi connectivity index (χ4n) is 5.66. The first-order valence-corrected chi connectivity index (χ1v) is 15.7. The number of anilines is 1. The minimum absolute atomic E-state index is 0.0598. The number of carbonyl (C=O) groups is 1.